The number of carbonyl (C=O) groups excluding carboxylic acids is 1. The smallest absolute Gasteiger partial charge is 0.222 e. The van der Waals surface area contributed by atoms with Gasteiger partial charge in [0.25, 0.3) is 0 Å². The Balaban J connectivity index is 1.69. The van der Waals surface area contributed by atoms with Gasteiger partial charge in [0.05, 0.1) is 6.61 Å². The van der Waals surface area contributed by atoms with E-state index in [1.165, 1.54) is 5.56 Å². The Morgan fingerprint density at radius 3 is 2.41 bits per heavy atom. The van der Waals surface area contributed by atoms with Crippen molar-refractivity contribution in [2.24, 2.45) is 0 Å². The number of hydrogen-bond donors (Lipinski definition) is 1. The molecule has 1 heterocycles. The highest BCUT2D eigenvalue weighted by Gasteiger charge is 2.15. The van der Waals surface area contributed by atoms with Crippen molar-refractivity contribution >= 4 is 5.91 Å². The molecule has 0 unspecified atom stereocenters. The third-order valence-corrected chi connectivity index (χ3v) is 3.99. The van der Waals surface area contributed by atoms with Gasteiger partial charge in [-0.1, -0.05) is 32.9 Å². The molecule has 0 saturated carbocycles. The highest BCUT2D eigenvalue weighted by Crippen LogP contribution is 2.24. The second-order valence-electron chi connectivity index (χ2n) is 6.86. The van der Waals surface area contributed by atoms with Crippen molar-refractivity contribution < 1.29 is 9.53 Å². The van der Waals surface area contributed by atoms with Crippen LogP contribution in [0.1, 0.15) is 39.2 Å². The molecular weight excluding hydrogens is 276 g/mol. The van der Waals surface area contributed by atoms with Crippen LogP contribution in [0, 0.1) is 0 Å². The quantitative estimate of drug-likeness (QED) is 0.850. The predicted octanol–water partition coefficient (Wildman–Crippen LogP) is 2.57. The molecule has 4 nitrogen and oxygen atoms in total. The van der Waals surface area contributed by atoms with E-state index < -0.39 is 0 Å². The van der Waals surface area contributed by atoms with Gasteiger partial charge in [-0.3, -0.25) is 4.79 Å². The van der Waals surface area contributed by atoms with Gasteiger partial charge in [0.2, 0.25) is 5.91 Å². The van der Waals surface area contributed by atoms with Gasteiger partial charge in [0.15, 0.2) is 0 Å². The van der Waals surface area contributed by atoms with Crippen molar-refractivity contribution in [3.05, 3.63) is 29.8 Å². The van der Waals surface area contributed by atoms with E-state index in [4.69, 9.17) is 4.74 Å². The molecule has 1 amide bonds. The van der Waals surface area contributed by atoms with Crippen LogP contribution in [0.3, 0.4) is 0 Å². The van der Waals surface area contributed by atoms with Gasteiger partial charge < -0.3 is 15.0 Å². The molecule has 2 rings (SSSR count). The number of nitrogens with zero attached hydrogens (tertiary/aromatic N) is 1. The van der Waals surface area contributed by atoms with Gasteiger partial charge in [-0.25, -0.2) is 0 Å². The second-order valence-corrected chi connectivity index (χ2v) is 6.86. The predicted molar refractivity (Wildman–Crippen MR) is 89.3 cm³/mol. The van der Waals surface area contributed by atoms with E-state index in [1.54, 1.807) is 0 Å². The number of hydrogen-bond acceptors (Lipinski definition) is 3. The van der Waals surface area contributed by atoms with E-state index in [-0.39, 0.29) is 11.3 Å². The highest BCUT2D eigenvalue weighted by atomic mass is 16.5. The van der Waals surface area contributed by atoms with E-state index in [9.17, 15) is 4.79 Å². The van der Waals surface area contributed by atoms with Crippen LogP contribution in [0.15, 0.2) is 24.3 Å². The van der Waals surface area contributed by atoms with Gasteiger partial charge >= 0.3 is 0 Å². The molecule has 0 aliphatic carbocycles. The lowest BCUT2D eigenvalue weighted by atomic mass is 9.87. The van der Waals surface area contributed by atoms with Crippen LogP contribution >= 0.6 is 0 Å². The SMILES string of the molecule is CC(C)(C)c1ccc(OCCCC(=O)N2CCNCC2)cc1. The fourth-order valence-electron chi connectivity index (χ4n) is 2.54. The van der Waals surface area contributed by atoms with Gasteiger partial charge in [0.1, 0.15) is 5.75 Å². The number of piperazine rings is 1. The fourth-order valence-corrected chi connectivity index (χ4v) is 2.54. The van der Waals surface area contributed by atoms with Gasteiger partial charge in [0, 0.05) is 32.6 Å². The minimum Gasteiger partial charge on any atom is -0.494 e. The fraction of sp³-hybridized carbons (Fsp3) is 0.611. The number of carbonyl (C=O) groups is 1. The third-order valence-electron chi connectivity index (χ3n) is 3.99. The van der Waals surface area contributed by atoms with Crippen molar-refractivity contribution in [1.82, 2.24) is 10.2 Å². The average Bonchev–Trinajstić information content (AvgIpc) is 2.52. The van der Waals surface area contributed by atoms with Crippen molar-refractivity contribution in [3.63, 3.8) is 0 Å². The summed E-state index contributed by atoms with van der Waals surface area (Å²) < 4.78 is 5.73. The average molecular weight is 304 g/mol. The highest BCUT2D eigenvalue weighted by molar-refractivity contribution is 5.76. The van der Waals surface area contributed by atoms with E-state index in [0.29, 0.717) is 13.0 Å². The zero-order chi connectivity index (χ0) is 16.0. The summed E-state index contributed by atoms with van der Waals surface area (Å²) >= 11 is 0. The minimum atomic E-state index is 0.161. The van der Waals surface area contributed by atoms with Crippen molar-refractivity contribution in [1.29, 1.82) is 0 Å². The summed E-state index contributed by atoms with van der Waals surface area (Å²) in [7, 11) is 0. The van der Waals surface area contributed by atoms with Crippen LogP contribution in [-0.2, 0) is 10.2 Å². The number of benzene rings is 1. The molecule has 1 fully saturated rings. The molecule has 0 atom stereocenters. The number of nitrogens with one attached hydrogen (secondary N) is 1. The molecule has 0 bridgehead atoms. The molecule has 1 aromatic carbocycles. The minimum absolute atomic E-state index is 0.161. The molecule has 0 radical (unpaired) electrons. The zero-order valence-electron chi connectivity index (χ0n) is 14.0. The molecule has 1 aliphatic heterocycles. The summed E-state index contributed by atoms with van der Waals surface area (Å²) in [5.41, 5.74) is 1.46. The van der Waals surface area contributed by atoms with Crippen LogP contribution in [0.4, 0.5) is 0 Å². The van der Waals surface area contributed by atoms with Gasteiger partial charge in [-0.05, 0) is 29.5 Å². The maximum atomic E-state index is 12.0. The molecule has 1 aliphatic rings. The summed E-state index contributed by atoms with van der Waals surface area (Å²) in [6.45, 7) is 10.7. The van der Waals surface area contributed by atoms with E-state index >= 15 is 0 Å². The second kappa shape index (κ2) is 7.63. The standard InChI is InChI=1S/C18H28N2O2/c1-18(2,3)15-6-8-16(9-7-15)22-14-4-5-17(21)20-12-10-19-11-13-20/h6-9,19H,4-5,10-14H2,1-3H3. The van der Waals surface area contributed by atoms with Gasteiger partial charge in [-0.2, -0.15) is 0 Å². The largest absolute Gasteiger partial charge is 0.494 e. The van der Waals surface area contributed by atoms with Crippen molar-refractivity contribution in [2.75, 3.05) is 32.8 Å². The zero-order valence-corrected chi connectivity index (χ0v) is 14.0. The molecular formula is C18H28N2O2. The lowest BCUT2D eigenvalue weighted by Crippen LogP contribution is -2.46. The van der Waals surface area contributed by atoms with Crippen LogP contribution in [-0.4, -0.2) is 43.6 Å². The first-order valence-electron chi connectivity index (χ1n) is 8.19. The van der Waals surface area contributed by atoms with Gasteiger partial charge in [-0.15, -0.1) is 0 Å². The first-order chi connectivity index (χ1) is 10.5. The Bertz CT molecular complexity index is 471. The lowest BCUT2D eigenvalue weighted by molar-refractivity contribution is -0.132. The first-order valence-corrected chi connectivity index (χ1v) is 8.19. The third kappa shape index (κ3) is 5.02. The molecule has 122 valence electrons. The molecule has 4 heteroatoms. The number of amides is 1. The Hall–Kier alpha value is -1.55. The normalized spacial score (nSPS) is 15.7. The van der Waals surface area contributed by atoms with Crippen LogP contribution in [0.25, 0.3) is 0 Å². The van der Waals surface area contributed by atoms with Crippen LogP contribution < -0.4 is 10.1 Å². The maximum Gasteiger partial charge on any atom is 0.222 e. The Kier molecular flexibility index (Phi) is 5.83. The Morgan fingerprint density at radius 1 is 1.18 bits per heavy atom. The lowest BCUT2D eigenvalue weighted by Gasteiger charge is -2.27. The molecule has 1 saturated heterocycles. The number of rotatable bonds is 5. The molecule has 22 heavy (non-hydrogen) atoms. The first kappa shape index (κ1) is 16.8. The van der Waals surface area contributed by atoms with Crippen molar-refractivity contribution in [3.8, 4) is 5.75 Å². The van der Waals surface area contributed by atoms with Crippen LogP contribution in [0.2, 0.25) is 0 Å². The van der Waals surface area contributed by atoms with E-state index in [2.05, 4.69) is 38.2 Å². The Labute approximate surface area is 133 Å². The number of ether oxygens (including phenoxy) is 1. The molecule has 0 aromatic heterocycles. The maximum absolute atomic E-state index is 12.0. The summed E-state index contributed by atoms with van der Waals surface area (Å²) in [5.74, 6) is 1.12. The molecule has 1 aromatic rings. The van der Waals surface area contributed by atoms with E-state index in [1.807, 2.05) is 17.0 Å². The summed E-state index contributed by atoms with van der Waals surface area (Å²) in [5, 5.41) is 3.25. The van der Waals surface area contributed by atoms with Crippen molar-refractivity contribution in [2.45, 2.75) is 39.0 Å². The Morgan fingerprint density at radius 2 is 1.82 bits per heavy atom. The molecule has 1 N–H and O–H groups in total. The molecule has 0 spiro atoms. The monoisotopic (exact) mass is 304 g/mol. The summed E-state index contributed by atoms with van der Waals surface area (Å²) in [6.07, 6.45) is 1.34. The topological polar surface area (TPSA) is 41.6 Å². The van der Waals surface area contributed by atoms with Crippen LogP contribution in [0.5, 0.6) is 5.75 Å². The van der Waals surface area contributed by atoms with E-state index in [0.717, 1.165) is 38.3 Å². The summed E-state index contributed by atoms with van der Waals surface area (Å²) in [4.78, 5) is 13.9. The summed E-state index contributed by atoms with van der Waals surface area (Å²) in [6, 6.07) is 8.25.